The van der Waals surface area contributed by atoms with E-state index in [0.717, 1.165) is 55.0 Å². The molecule has 0 radical (unpaired) electrons. The Kier molecular flexibility index (Phi) is 7.25. The van der Waals surface area contributed by atoms with Crippen molar-refractivity contribution in [1.29, 1.82) is 0 Å². The van der Waals surface area contributed by atoms with Crippen molar-refractivity contribution in [3.8, 4) is 0 Å². The van der Waals surface area contributed by atoms with Crippen molar-refractivity contribution in [3.05, 3.63) is 22.8 Å². The molecular formula is C23H36N4O2. The molecule has 1 aliphatic heterocycles. The molecule has 160 valence electrons. The second-order valence-corrected chi connectivity index (χ2v) is 9.09. The molecule has 6 nitrogen and oxygen atoms in total. The van der Waals surface area contributed by atoms with E-state index in [1.165, 1.54) is 19.3 Å². The van der Waals surface area contributed by atoms with Crippen molar-refractivity contribution >= 4 is 11.8 Å². The number of carbonyl (C=O) groups is 2. The zero-order valence-electron chi connectivity index (χ0n) is 18.5. The normalized spacial score (nSPS) is 20.7. The van der Waals surface area contributed by atoms with E-state index in [1.54, 1.807) is 0 Å². The third-order valence-electron chi connectivity index (χ3n) is 6.34. The minimum absolute atomic E-state index is 0.0168. The highest BCUT2D eigenvalue weighted by molar-refractivity contribution is 5.79. The van der Waals surface area contributed by atoms with Crippen LogP contribution in [0.25, 0.3) is 0 Å². The molecule has 3 rings (SSSR count). The summed E-state index contributed by atoms with van der Waals surface area (Å²) in [5.41, 5.74) is 2.71. The van der Waals surface area contributed by atoms with E-state index in [2.05, 4.69) is 5.32 Å². The van der Waals surface area contributed by atoms with Gasteiger partial charge in [-0.2, -0.15) is 0 Å². The van der Waals surface area contributed by atoms with Crippen molar-refractivity contribution in [3.63, 3.8) is 0 Å². The van der Waals surface area contributed by atoms with Crippen molar-refractivity contribution < 1.29 is 9.59 Å². The number of aryl methyl sites for hydroxylation is 2. The van der Waals surface area contributed by atoms with Gasteiger partial charge in [-0.15, -0.1) is 0 Å². The summed E-state index contributed by atoms with van der Waals surface area (Å²) >= 11 is 0. The summed E-state index contributed by atoms with van der Waals surface area (Å²) in [6, 6.07) is 0.323. The molecular weight excluding hydrogens is 364 g/mol. The average molecular weight is 401 g/mol. The Morgan fingerprint density at radius 3 is 2.31 bits per heavy atom. The van der Waals surface area contributed by atoms with Crippen molar-refractivity contribution in [2.75, 3.05) is 13.1 Å². The maximum Gasteiger partial charge on any atom is 0.225 e. The smallest absolute Gasteiger partial charge is 0.225 e. The molecule has 2 heterocycles. The van der Waals surface area contributed by atoms with E-state index in [-0.39, 0.29) is 23.7 Å². The molecule has 1 aliphatic carbocycles. The van der Waals surface area contributed by atoms with Crippen LogP contribution in [0.5, 0.6) is 0 Å². The van der Waals surface area contributed by atoms with Crippen LogP contribution in [0.1, 0.15) is 87.5 Å². The highest BCUT2D eigenvalue weighted by atomic mass is 16.2. The van der Waals surface area contributed by atoms with Crippen molar-refractivity contribution in [2.24, 2.45) is 5.92 Å². The lowest BCUT2D eigenvalue weighted by molar-refractivity contribution is -0.135. The summed E-state index contributed by atoms with van der Waals surface area (Å²) in [5, 5.41) is 3.19. The Morgan fingerprint density at radius 1 is 1.03 bits per heavy atom. The number of amides is 2. The molecule has 6 heteroatoms. The maximum atomic E-state index is 12.5. The quantitative estimate of drug-likeness (QED) is 0.821. The summed E-state index contributed by atoms with van der Waals surface area (Å²) in [4.78, 5) is 36.4. The van der Waals surface area contributed by atoms with Gasteiger partial charge >= 0.3 is 0 Å². The molecule has 0 bridgehead atoms. The summed E-state index contributed by atoms with van der Waals surface area (Å²) < 4.78 is 0. The van der Waals surface area contributed by atoms with Crippen LogP contribution in [0, 0.1) is 19.8 Å². The monoisotopic (exact) mass is 400 g/mol. The van der Waals surface area contributed by atoms with E-state index in [9.17, 15) is 9.59 Å². The minimum Gasteiger partial charge on any atom is -0.353 e. The molecule has 2 amide bonds. The van der Waals surface area contributed by atoms with Crippen molar-refractivity contribution in [1.82, 2.24) is 20.2 Å². The fourth-order valence-electron chi connectivity index (χ4n) is 4.64. The number of hydrogen-bond donors (Lipinski definition) is 1. The first-order valence-corrected chi connectivity index (χ1v) is 11.3. The third-order valence-corrected chi connectivity index (χ3v) is 6.34. The number of aromatic nitrogens is 2. The van der Waals surface area contributed by atoms with Gasteiger partial charge in [0.05, 0.1) is 6.42 Å². The Balaban J connectivity index is 1.67. The van der Waals surface area contributed by atoms with Crippen LogP contribution in [0.2, 0.25) is 0 Å². The molecule has 2 aliphatic rings. The lowest BCUT2D eigenvalue weighted by atomic mass is 9.94. The zero-order chi connectivity index (χ0) is 21.0. The number of piperidine rings is 1. The van der Waals surface area contributed by atoms with Crippen LogP contribution in [0.15, 0.2) is 0 Å². The Morgan fingerprint density at radius 2 is 1.69 bits per heavy atom. The first kappa shape index (κ1) is 21.7. The number of nitrogens with one attached hydrogen (secondary N) is 1. The minimum atomic E-state index is 0.0168. The Labute approximate surface area is 174 Å². The lowest BCUT2D eigenvalue weighted by Crippen LogP contribution is -2.41. The van der Waals surface area contributed by atoms with Gasteiger partial charge in [-0.3, -0.25) is 9.59 Å². The lowest BCUT2D eigenvalue weighted by Gasteiger charge is -2.33. The van der Waals surface area contributed by atoms with E-state index >= 15 is 0 Å². The molecule has 0 spiro atoms. The number of hydrogen-bond acceptors (Lipinski definition) is 4. The maximum absolute atomic E-state index is 12.5. The predicted molar refractivity (Wildman–Crippen MR) is 114 cm³/mol. The summed E-state index contributed by atoms with van der Waals surface area (Å²) in [6.45, 7) is 9.36. The van der Waals surface area contributed by atoms with Gasteiger partial charge in [0.25, 0.3) is 0 Å². The van der Waals surface area contributed by atoms with Crippen LogP contribution < -0.4 is 5.32 Å². The molecule has 2 fully saturated rings. The van der Waals surface area contributed by atoms with Crippen LogP contribution in [-0.4, -0.2) is 45.8 Å². The zero-order valence-corrected chi connectivity index (χ0v) is 18.5. The van der Waals surface area contributed by atoms with Gasteiger partial charge < -0.3 is 10.2 Å². The van der Waals surface area contributed by atoms with Crippen LogP contribution in [0.3, 0.4) is 0 Å². The van der Waals surface area contributed by atoms with Gasteiger partial charge in [0.2, 0.25) is 11.8 Å². The van der Waals surface area contributed by atoms with Gasteiger partial charge in [0.15, 0.2) is 0 Å². The topological polar surface area (TPSA) is 75.2 Å². The van der Waals surface area contributed by atoms with Gasteiger partial charge in [0, 0.05) is 47.9 Å². The van der Waals surface area contributed by atoms with E-state index in [1.807, 2.05) is 32.6 Å². The first-order valence-electron chi connectivity index (χ1n) is 11.3. The highest BCUT2D eigenvalue weighted by Crippen LogP contribution is 2.27. The fourth-order valence-corrected chi connectivity index (χ4v) is 4.64. The molecule has 1 N–H and O–H groups in total. The Bertz CT molecular complexity index is 717. The van der Waals surface area contributed by atoms with Crippen LogP contribution in [-0.2, 0) is 16.0 Å². The molecule has 0 aromatic carbocycles. The molecule has 1 saturated carbocycles. The largest absolute Gasteiger partial charge is 0.353 e. The standard InChI is InChI=1S/C23H36N4O2/c1-15(2)23(29)27-12-8-9-18(14-27)22-24-16(3)20(17(4)25-22)13-21(28)26-19-10-6-5-7-11-19/h15,18-19H,5-14H2,1-4H3,(H,26,28)/t18-/m0/s1. The number of rotatable bonds is 5. The number of likely N-dealkylation sites (tertiary alicyclic amines) is 1. The summed E-state index contributed by atoms with van der Waals surface area (Å²) in [5.74, 6) is 1.29. The summed E-state index contributed by atoms with van der Waals surface area (Å²) in [7, 11) is 0. The average Bonchev–Trinajstić information content (AvgIpc) is 2.70. The van der Waals surface area contributed by atoms with E-state index in [0.29, 0.717) is 19.0 Å². The van der Waals surface area contributed by atoms with Crippen molar-refractivity contribution in [2.45, 2.75) is 91.0 Å². The second kappa shape index (κ2) is 9.68. The van der Waals surface area contributed by atoms with Gasteiger partial charge in [-0.1, -0.05) is 33.1 Å². The van der Waals surface area contributed by atoms with Gasteiger partial charge in [0.1, 0.15) is 5.82 Å². The molecule has 1 saturated heterocycles. The fraction of sp³-hybridized carbons (Fsp3) is 0.739. The second-order valence-electron chi connectivity index (χ2n) is 9.09. The van der Waals surface area contributed by atoms with Gasteiger partial charge in [-0.05, 0) is 39.5 Å². The highest BCUT2D eigenvalue weighted by Gasteiger charge is 2.28. The van der Waals surface area contributed by atoms with Crippen LogP contribution in [0.4, 0.5) is 0 Å². The van der Waals surface area contributed by atoms with E-state index in [4.69, 9.17) is 9.97 Å². The number of nitrogens with zero attached hydrogens (tertiary/aromatic N) is 3. The predicted octanol–water partition coefficient (Wildman–Crippen LogP) is 3.45. The molecule has 1 aromatic rings. The molecule has 0 unspecified atom stereocenters. The number of carbonyl (C=O) groups excluding carboxylic acids is 2. The third kappa shape index (κ3) is 5.55. The summed E-state index contributed by atoms with van der Waals surface area (Å²) in [6.07, 6.45) is 8.20. The Hall–Kier alpha value is -1.98. The van der Waals surface area contributed by atoms with Gasteiger partial charge in [-0.25, -0.2) is 9.97 Å². The SMILES string of the molecule is Cc1nc([C@H]2CCCN(C(=O)C(C)C)C2)nc(C)c1CC(=O)NC1CCCCC1. The first-order chi connectivity index (χ1) is 13.8. The van der Waals surface area contributed by atoms with Crippen LogP contribution >= 0.6 is 0 Å². The van der Waals surface area contributed by atoms with E-state index < -0.39 is 0 Å². The molecule has 1 aromatic heterocycles. The molecule has 1 atom stereocenters. The molecule has 29 heavy (non-hydrogen) atoms.